The van der Waals surface area contributed by atoms with Gasteiger partial charge in [-0.3, -0.25) is 4.99 Å². The van der Waals surface area contributed by atoms with Crippen LogP contribution in [-0.2, 0) is 0 Å². The van der Waals surface area contributed by atoms with Crippen LogP contribution in [0.4, 0.5) is 5.69 Å². The highest BCUT2D eigenvalue weighted by molar-refractivity contribution is 5.93. The van der Waals surface area contributed by atoms with Gasteiger partial charge in [0.1, 0.15) is 0 Å². The van der Waals surface area contributed by atoms with Crippen molar-refractivity contribution in [3.05, 3.63) is 18.2 Å². The summed E-state index contributed by atoms with van der Waals surface area (Å²) < 4.78 is 11.0. The Hall–Kier alpha value is -1.95. The Morgan fingerprint density at radius 1 is 1.11 bits per heavy atom. The summed E-state index contributed by atoms with van der Waals surface area (Å²) in [6, 6.07) is 5.81. The van der Waals surface area contributed by atoms with Gasteiger partial charge < -0.3 is 25.0 Å². The number of piperidine rings is 1. The molecule has 0 saturated carbocycles. The van der Waals surface area contributed by atoms with E-state index in [9.17, 15) is 0 Å². The number of anilines is 1. The Morgan fingerprint density at radius 3 is 2.63 bits per heavy atom. The topological polar surface area (TPSA) is 58.1 Å². The molecule has 0 unspecified atom stereocenters. The van der Waals surface area contributed by atoms with Gasteiger partial charge in [-0.1, -0.05) is 12.8 Å². The van der Waals surface area contributed by atoms with Crippen molar-refractivity contribution in [1.29, 1.82) is 0 Å². The highest BCUT2D eigenvalue weighted by atomic mass is 16.5. The lowest BCUT2D eigenvalue weighted by Crippen LogP contribution is -2.32. The maximum atomic E-state index is 5.63. The standard InChI is InChI=1S/C21H36N4O2/c1-4-27-20-17-18(11-12-19(20)26-3)24-21(22-2)23-13-7-5-8-14-25-15-9-6-10-16-25/h11-12,17H,4-10,13-16H2,1-3H3,(H2,22,23,24). The molecule has 1 aliphatic heterocycles. The van der Waals surface area contributed by atoms with Crippen molar-refractivity contribution in [2.75, 3.05) is 52.3 Å². The van der Waals surface area contributed by atoms with Gasteiger partial charge in [0.25, 0.3) is 0 Å². The Kier molecular flexibility index (Phi) is 9.84. The molecule has 27 heavy (non-hydrogen) atoms. The second-order valence-electron chi connectivity index (χ2n) is 6.89. The molecule has 6 nitrogen and oxygen atoms in total. The third-order valence-corrected chi connectivity index (χ3v) is 4.84. The van der Waals surface area contributed by atoms with Gasteiger partial charge in [-0.25, -0.2) is 0 Å². The average molecular weight is 377 g/mol. The number of nitrogens with zero attached hydrogens (tertiary/aromatic N) is 2. The molecule has 1 saturated heterocycles. The molecule has 0 bridgehead atoms. The van der Waals surface area contributed by atoms with Crippen LogP contribution in [0.3, 0.4) is 0 Å². The van der Waals surface area contributed by atoms with Gasteiger partial charge in [0.05, 0.1) is 13.7 Å². The Labute approximate surface area is 164 Å². The molecule has 0 radical (unpaired) electrons. The number of hydrogen-bond donors (Lipinski definition) is 2. The molecule has 1 heterocycles. The van der Waals surface area contributed by atoms with E-state index in [0.29, 0.717) is 6.61 Å². The molecule has 0 atom stereocenters. The minimum atomic E-state index is 0.601. The van der Waals surface area contributed by atoms with E-state index in [4.69, 9.17) is 9.47 Å². The minimum Gasteiger partial charge on any atom is -0.493 e. The van der Waals surface area contributed by atoms with Crippen molar-refractivity contribution in [1.82, 2.24) is 10.2 Å². The molecule has 152 valence electrons. The van der Waals surface area contributed by atoms with E-state index in [1.807, 2.05) is 25.1 Å². The molecule has 1 aliphatic rings. The molecule has 1 fully saturated rings. The highest BCUT2D eigenvalue weighted by Crippen LogP contribution is 2.30. The van der Waals surface area contributed by atoms with Crippen LogP contribution in [0.2, 0.25) is 0 Å². The van der Waals surface area contributed by atoms with Crippen LogP contribution in [-0.4, -0.2) is 57.8 Å². The summed E-state index contributed by atoms with van der Waals surface area (Å²) in [5.74, 6) is 2.25. The first-order valence-electron chi connectivity index (χ1n) is 10.3. The predicted molar refractivity (Wildman–Crippen MR) is 113 cm³/mol. The first-order valence-corrected chi connectivity index (χ1v) is 10.3. The first kappa shape index (κ1) is 21.4. The van der Waals surface area contributed by atoms with Crippen LogP contribution in [0.15, 0.2) is 23.2 Å². The van der Waals surface area contributed by atoms with Crippen molar-refractivity contribution < 1.29 is 9.47 Å². The lowest BCUT2D eigenvalue weighted by atomic mass is 10.1. The number of benzene rings is 1. The van der Waals surface area contributed by atoms with E-state index in [1.165, 1.54) is 51.7 Å². The van der Waals surface area contributed by atoms with E-state index in [1.54, 1.807) is 14.2 Å². The van der Waals surface area contributed by atoms with Crippen molar-refractivity contribution in [2.24, 2.45) is 4.99 Å². The van der Waals surface area contributed by atoms with Crippen LogP contribution in [0, 0.1) is 0 Å². The van der Waals surface area contributed by atoms with Crippen molar-refractivity contribution in [3.63, 3.8) is 0 Å². The van der Waals surface area contributed by atoms with Gasteiger partial charge >= 0.3 is 0 Å². The van der Waals surface area contributed by atoms with Crippen LogP contribution in [0.1, 0.15) is 45.4 Å². The third-order valence-electron chi connectivity index (χ3n) is 4.84. The third kappa shape index (κ3) is 7.67. The number of aliphatic imine (C=N–C) groups is 1. The number of ether oxygens (including phenoxy) is 2. The van der Waals surface area contributed by atoms with Crippen LogP contribution < -0.4 is 20.1 Å². The smallest absolute Gasteiger partial charge is 0.195 e. The Bertz CT molecular complexity index is 571. The zero-order chi connectivity index (χ0) is 19.3. The average Bonchev–Trinajstić information content (AvgIpc) is 2.71. The zero-order valence-electron chi connectivity index (χ0n) is 17.2. The summed E-state index contributed by atoms with van der Waals surface area (Å²) in [5.41, 5.74) is 0.928. The molecule has 1 aromatic carbocycles. The lowest BCUT2D eigenvalue weighted by Gasteiger charge is -2.26. The second kappa shape index (κ2) is 12.4. The van der Waals surface area contributed by atoms with Gasteiger partial charge in [-0.2, -0.15) is 0 Å². The maximum absolute atomic E-state index is 5.63. The summed E-state index contributed by atoms with van der Waals surface area (Å²) in [6.07, 6.45) is 7.84. The monoisotopic (exact) mass is 376 g/mol. The molecule has 0 amide bonds. The summed E-state index contributed by atoms with van der Waals surface area (Å²) in [7, 11) is 3.44. The SMILES string of the molecule is CCOc1cc(NC(=NC)NCCCCCN2CCCCC2)ccc1OC. The van der Waals surface area contributed by atoms with Crippen molar-refractivity contribution in [2.45, 2.75) is 45.4 Å². The number of likely N-dealkylation sites (tertiary alicyclic amines) is 1. The largest absolute Gasteiger partial charge is 0.493 e. The Balaban J connectivity index is 1.68. The van der Waals surface area contributed by atoms with Crippen LogP contribution >= 0.6 is 0 Å². The quantitative estimate of drug-likeness (QED) is 0.370. The first-order chi connectivity index (χ1) is 13.3. The number of unbranched alkanes of at least 4 members (excludes halogenated alkanes) is 2. The molecule has 6 heteroatoms. The molecule has 0 aliphatic carbocycles. The maximum Gasteiger partial charge on any atom is 0.195 e. The summed E-state index contributed by atoms with van der Waals surface area (Å²) in [5, 5.41) is 6.71. The molecular weight excluding hydrogens is 340 g/mol. The van der Waals surface area contributed by atoms with Gasteiger partial charge in [-0.05, 0) is 64.4 Å². The fourth-order valence-electron chi connectivity index (χ4n) is 3.37. The summed E-state index contributed by atoms with van der Waals surface area (Å²) >= 11 is 0. The predicted octanol–water partition coefficient (Wildman–Crippen LogP) is 3.74. The van der Waals surface area contributed by atoms with E-state index in [0.717, 1.165) is 36.1 Å². The zero-order valence-corrected chi connectivity index (χ0v) is 17.2. The number of hydrogen-bond acceptors (Lipinski definition) is 4. The molecule has 0 spiro atoms. The van der Waals surface area contributed by atoms with Crippen LogP contribution in [0.25, 0.3) is 0 Å². The highest BCUT2D eigenvalue weighted by Gasteiger charge is 2.09. The molecular formula is C21H36N4O2. The number of rotatable bonds is 10. The van der Waals surface area contributed by atoms with Gasteiger partial charge in [0.15, 0.2) is 17.5 Å². The van der Waals surface area contributed by atoms with Crippen molar-refractivity contribution in [3.8, 4) is 11.5 Å². The molecule has 2 N–H and O–H groups in total. The number of nitrogens with one attached hydrogen (secondary N) is 2. The lowest BCUT2D eigenvalue weighted by molar-refractivity contribution is 0.224. The number of guanidine groups is 1. The van der Waals surface area contributed by atoms with Gasteiger partial charge in [-0.15, -0.1) is 0 Å². The van der Waals surface area contributed by atoms with E-state index in [2.05, 4.69) is 20.5 Å². The molecule has 2 rings (SSSR count). The molecule has 1 aromatic rings. The number of methoxy groups -OCH3 is 1. The van der Waals surface area contributed by atoms with E-state index in [-0.39, 0.29) is 0 Å². The van der Waals surface area contributed by atoms with Crippen LogP contribution in [0.5, 0.6) is 11.5 Å². The van der Waals surface area contributed by atoms with Crippen molar-refractivity contribution >= 4 is 11.6 Å². The normalized spacial score (nSPS) is 15.4. The summed E-state index contributed by atoms with van der Waals surface area (Å²) in [6.45, 7) is 7.32. The van der Waals surface area contributed by atoms with Gasteiger partial charge in [0.2, 0.25) is 0 Å². The minimum absolute atomic E-state index is 0.601. The fourth-order valence-corrected chi connectivity index (χ4v) is 3.37. The fraction of sp³-hybridized carbons (Fsp3) is 0.667. The van der Waals surface area contributed by atoms with Gasteiger partial charge in [0, 0.05) is 25.3 Å². The summed E-state index contributed by atoms with van der Waals surface area (Å²) in [4.78, 5) is 6.92. The molecule has 0 aromatic heterocycles. The van der Waals surface area contributed by atoms with E-state index < -0.39 is 0 Å². The van der Waals surface area contributed by atoms with E-state index >= 15 is 0 Å². The second-order valence-corrected chi connectivity index (χ2v) is 6.89. The Morgan fingerprint density at radius 2 is 1.93 bits per heavy atom.